The number of alkyl halides is 5. The van der Waals surface area contributed by atoms with Crippen LogP contribution in [0.5, 0.6) is 0 Å². The zero-order valence-corrected chi connectivity index (χ0v) is 17.1. The van der Waals surface area contributed by atoms with Crippen LogP contribution >= 0.6 is 0 Å². The van der Waals surface area contributed by atoms with Gasteiger partial charge in [0.25, 0.3) is 5.92 Å². The number of carbonyl (C=O) groups is 1. The first kappa shape index (κ1) is 24.2. The molecule has 1 unspecified atom stereocenters. The molecule has 0 radical (unpaired) electrons. The van der Waals surface area contributed by atoms with Crippen molar-refractivity contribution in [1.82, 2.24) is 9.62 Å². The fourth-order valence-corrected chi connectivity index (χ4v) is 3.34. The predicted octanol–water partition coefficient (Wildman–Crippen LogP) is 4.00. The van der Waals surface area contributed by atoms with E-state index in [1.54, 1.807) is 0 Å². The van der Waals surface area contributed by atoms with Crippen molar-refractivity contribution in [3.8, 4) is 0 Å². The van der Waals surface area contributed by atoms with Gasteiger partial charge < -0.3 is 14.2 Å². The summed E-state index contributed by atoms with van der Waals surface area (Å²) < 4.78 is 86.9. The van der Waals surface area contributed by atoms with E-state index in [0.29, 0.717) is 4.90 Å². The molecule has 1 amide bonds. The molecule has 0 aromatic heterocycles. The van der Waals surface area contributed by atoms with Gasteiger partial charge in [0.1, 0.15) is 10.3 Å². The summed E-state index contributed by atoms with van der Waals surface area (Å²) in [5, 5.41) is 0. The van der Waals surface area contributed by atoms with E-state index in [1.165, 1.54) is 41.5 Å². The SMILES string of the molecule is CC(C)(C)OC(=O)N1CCC(F)(F)C[C@@H]1[C@@H](N[S+]([O-])C(C)(C)C)C(F)(F)F. The minimum Gasteiger partial charge on any atom is -0.598 e. The van der Waals surface area contributed by atoms with E-state index in [2.05, 4.69) is 0 Å². The molecule has 0 spiro atoms. The van der Waals surface area contributed by atoms with Crippen LogP contribution in [0.1, 0.15) is 54.4 Å². The maximum absolute atomic E-state index is 13.9. The third-order valence-electron chi connectivity index (χ3n) is 3.78. The summed E-state index contributed by atoms with van der Waals surface area (Å²) in [6, 6.07) is -4.54. The second-order valence-corrected chi connectivity index (χ2v) is 10.6. The summed E-state index contributed by atoms with van der Waals surface area (Å²) in [5.41, 5.74) is -1.00. The predicted molar refractivity (Wildman–Crippen MR) is 91.8 cm³/mol. The van der Waals surface area contributed by atoms with Crippen molar-refractivity contribution in [2.45, 2.75) is 88.9 Å². The Morgan fingerprint density at radius 3 is 2.15 bits per heavy atom. The van der Waals surface area contributed by atoms with Crippen LogP contribution in [-0.4, -0.2) is 56.6 Å². The molecule has 1 saturated heterocycles. The first-order valence-corrected chi connectivity index (χ1v) is 9.61. The Labute approximate surface area is 159 Å². The summed E-state index contributed by atoms with van der Waals surface area (Å²) in [6.07, 6.45) is -8.08. The Hall–Kier alpha value is -0.810. The number of ether oxygens (including phenoxy) is 1. The lowest BCUT2D eigenvalue weighted by molar-refractivity contribution is -0.179. The first-order valence-electron chi connectivity index (χ1n) is 8.46. The molecule has 1 fully saturated rings. The molecule has 3 atom stereocenters. The maximum atomic E-state index is 13.9. The van der Waals surface area contributed by atoms with Crippen LogP contribution in [0, 0.1) is 0 Å². The van der Waals surface area contributed by atoms with Gasteiger partial charge in [0.15, 0.2) is 6.04 Å². The Balaban J connectivity index is 3.23. The van der Waals surface area contributed by atoms with Gasteiger partial charge in [-0.2, -0.15) is 13.2 Å². The summed E-state index contributed by atoms with van der Waals surface area (Å²) >= 11 is -2.18. The van der Waals surface area contributed by atoms with Crippen molar-refractivity contribution in [1.29, 1.82) is 0 Å². The van der Waals surface area contributed by atoms with Crippen LogP contribution in [-0.2, 0) is 16.1 Å². The van der Waals surface area contributed by atoms with E-state index < -0.39 is 71.4 Å². The molecule has 27 heavy (non-hydrogen) atoms. The highest BCUT2D eigenvalue weighted by atomic mass is 32.2. The number of hydrogen-bond donors (Lipinski definition) is 1. The van der Waals surface area contributed by atoms with Gasteiger partial charge in [-0.1, -0.05) is 0 Å². The van der Waals surface area contributed by atoms with Crippen molar-refractivity contribution in [3.63, 3.8) is 0 Å². The summed E-state index contributed by atoms with van der Waals surface area (Å²) in [6.45, 7) is 8.31. The highest BCUT2D eigenvalue weighted by molar-refractivity contribution is 7.90. The number of amides is 1. The van der Waals surface area contributed by atoms with Crippen LogP contribution in [0.2, 0.25) is 0 Å². The van der Waals surface area contributed by atoms with Crippen LogP contribution in [0.25, 0.3) is 0 Å². The first-order chi connectivity index (χ1) is 11.8. The average Bonchev–Trinajstić information content (AvgIpc) is 2.38. The second kappa shape index (κ2) is 7.90. The van der Waals surface area contributed by atoms with Crippen molar-refractivity contribution in [2.24, 2.45) is 0 Å². The molecule has 0 saturated carbocycles. The standard InChI is InChI=1S/C16H27F5N2O3S/c1-13(2,3)26-12(24)23-8-7-15(17,18)9-10(23)11(16(19,20)21)22-27(25)14(4,5)6/h10-11,22H,7-9H2,1-6H3/t10-,11-,27?/m1/s1. The van der Waals surface area contributed by atoms with Crippen molar-refractivity contribution >= 4 is 17.5 Å². The zero-order valence-electron chi connectivity index (χ0n) is 16.2. The van der Waals surface area contributed by atoms with E-state index >= 15 is 0 Å². The normalized spacial score (nSPS) is 23.7. The fourth-order valence-electron chi connectivity index (χ4n) is 2.47. The number of halogens is 5. The number of hydrogen-bond acceptors (Lipinski definition) is 4. The van der Waals surface area contributed by atoms with Crippen LogP contribution in [0.3, 0.4) is 0 Å². The lowest BCUT2D eigenvalue weighted by atomic mass is 9.93. The van der Waals surface area contributed by atoms with E-state index in [0.717, 1.165) is 0 Å². The number of carbonyl (C=O) groups excluding carboxylic acids is 1. The Morgan fingerprint density at radius 1 is 1.22 bits per heavy atom. The second-order valence-electron chi connectivity index (χ2n) is 8.57. The molecular formula is C16H27F5N2O3S. The molecule has 1 N–H and O–H groups in total. The molecule has 0 aliphatic carbocycles. The van der Waals surface area contributed by atoms with Gasteiger partial charge in [-0.05, 0) is 41.5 Å². The molecule has 11 heteroatoms. The van der Waals surface area contributed by atoms with Gasteiger partial charge in [-0.15, -0.1) is 4.72 Å². The number of rotatable bonds is 3. The summed E-state index contributed by atoms with van der Waals surface area (Å²) in [4.78, 5) is 13.0. The number of nitrogens with zero attached hydrogens (tertiary/aromatic N) is 1. The fraction of sp³-hybridized carbons (Fsp3) is 0.938. The molecule has 1 aliphatic heterocycles. The largest absolute Gasteiger partial charge is 0.598 e. The Bertz CT molecular complexity index is 532. The minimum atomic E-state index is -5.00. The van der Waals surface area contributed by atoms with Crippen LogP contribution < -0.4 is 4.72 Å². The number of likely N-dealkylation sites (tertiary alicyclic amines) is 1. The monoisotopic (exact) mass is 422 g/mol. The topological polar surface area (TPSA) is 64.6 Å². The van der Waals surface area contributed by atoms with E-state index in [9.17, 15) is 31.3 Å². The van der Waals surface area contributed by atoms with Gasteiger partial charge in [0, 0.05) is 30.7 Å². The van der Waals surface area contributed by atoms with Crippen molar-refractivity contribution < 1.29 is 36.0 Å². The molecule has 1 rings (SSSR count). The molecule has 1 aliphatic rings. The molecule has 0 bridgehead atoms. The third-order valence-corrected chi connectivity index (χ3v) is 5.36. The van der Waals surface area contributed by atoms with E-state index in [4.69, 9.17) is 4.74 Å². The highest BCUT2D eigenvalue weighted by Crippen LogP contribution is 2.38. The highest BCUT2D eigenvalue weighted by Gasteiger charge is 2.56. The lowest BCUT2D eigenvalue weighted by Gasteiger charge is -2.43. The number of nitrogens with one attached hydrogen (secondary N) is 1. The van der Waals surface area contributed by atoms with Crippen LogP contribution in [0.15, 0.2) is 0 Å². The minimum absolute atomic E-state index is 0.594. The van der Waals surface area contributed by atoms with Crippen molar-refractivity contribution in [2.75, 3.05) is 6.54 Å². The lowest BCUT2D eigenvalue weighted by Crippen LogP contribution is -2.65. The Kier molecular flexibility index (Phi) is 7.09. The van der Waals surface area contributed by atoms with Gasteiger partial charge in [0.05, 0.1) is 6.04 Å². The van der Waals surface area contributed by atoms with E-state index in [-0.39, 0.29) is 0 Å². The average molecular weight is 422 g/mol. The molecular weight excluding hydrogens is 395 g/mol. The molecule has 160 valence electrons. The smallest absolute Gasteiger partial charge is 0.410 e. The van der Waals surface area contributed by atoms with Gasteiger partial charge in [0.2, 0.25) is 0 Å². The van der Waals surface area contributed by atoms with Gasteiger partial charge >= 0.3 is 12.3 Å². The number of piperidine rings is 1. The van der Waals surface area contributed by atoms with Crippen molar-refractivity contribution in [3.05, 3.63) is 0 Å². The molecule has 5 nitrogen and oxygen atoms in total. The maximum Gasteiger partial charge on any atom is 0.410 e. The quantitative estimate of drug-likeness (QED) is 0.552. The Morgan fingerprint density at radius 2 is 1.74 bits per heavy atom. The third kappa shape index (κ3) is 7.26. The van der Waals surface area contributed by atoms with Crippen LogP contribution in [0.4, 0.5) is 26.7 Å². The summed E-state index contributed by atoms with van der Waals surface area (Å²) in [7, 11) is 0. The van der Waals surface area contributed by atoms with Gasteiger partial charge in [-0.3, -0.25) is 0 Å². The zero-order chi connectivity index (χ0) is 21.4. The van der Waals surface area contributed by atoms with Gasteiger partial charge in [-0.25, -0.2) is 13.6 Å². The summed E-state index contributed by atoms with van der Waals surface area (Å²) in [5.74, 6) is -3.38. The molecule has 0 aromatic carbocycles. The molecule has 0 aromatic rings. The van der Waals surface area contributed by atoms with E-state index in [1.807, 2.05) is 4.72 Å². The molecule has 1 heterocycles.